The van der Waals surface area contributed by atoms with Gasteiger partial charge in [0.05, 0.1) is 5.92 Å². The van der Waals surface area contributed by atoms with Crippen molar-refractivity contribution in [2.24, 2.45) is 5.92 Å². The third-order valence-corrected chi connectivity index (χ3v) is 4.05. The second-order valence-electron chi connectivity index (χ2n) is 5.78. The lowest BCUT2D eigenvalue weighted by atomic mass is 10.1. The highest BCUT2D eigenvalue weighted by atomic mass is 19.2. The second-order valence-corrected chi connectivity index (χ2v) is 5.78. The normalized spacial score (nSPS) is 16.7. The van der Waals surface area contributed by atoms with Gasteiger partial charge in [0.1, 0.15) is 11.5 Å². The minimum absolute atomic E-state index is 0.141. The van der Waals surface area contributed by atoms with E-state index in [2.05, 4.69) is 0 Å². The number of aliphatic carboxylic acids is 1. The number of ether oxygens (including phenoxy) is 1. The van der Waals surface area contributed by atoms with Crippen molar-refractivity contribution < 1.29 is 28.2 Å². The van der Waals surface area contributed by atoms with Gasteiger partial charge in [-0.05, 0) is 42.8 Å². The Kier molecular flexibility index (Phi) is 4.65. The van der Waals surface area contributed by atoms with E-state index in [4.69, 9.17) is 9.84 Å². The van der Waals surface area contributed by atoms with Gasteiger partial charge in [0, 0.05) is 24.7 Å². The fourth-order valence-electron chi connectivity index (χ4n) is 2.67. The van der Waals surface area contributed by atoms with Crippen LogP contribution in [0.4, 0.5) is 8.78 Å². The van der Waals surface area contributed by atoms with Crippen molar-refractivity contribution in [1.29, 1.82) is 0 Å². The Morgan fingerprint density at radius 1 is 1.04 bits per heavy atom. The quantitative estimate of drug-likeness (QED) is 0.921. The third-order valence-electron chi connectivity index (χ3n) is 4.05. The smallest absolute Gasteiger partial charge is 0.308 e. The van der Waals surface area contributed by atoms with Crippen LogP contribution >= 0.6 is 0 Å². The zero-order valence-electron chi connectivity index (χ0n) is 13.1. The monoisotopic (exact) mass is 347 g/mol. The van der Waals surface area contributed by atoms with Crippen molar-refractivity contribution in [3.05, 3.63) is 59.7 Å². The van der Waals surface area contributed by atoms with Crippen LogP contribution < -0.4 is 4.74 Å². The molecule has 1 fully saturated rings. The number of carbonyl (C=O) groups is 2. The number of hydrogen-bond acceptors (Lipinski definition) is 3. The Bertz CT molecular complexity index is 807. The van der Waals surface area contributed by atoms with Gasteiger partial charge in [-0.1, -0.05) is 0 Å². The number of carboxylic acids is 1. The standard InChI is InChI=1S/C18H15F2NO4/c19-15-6-5-14(9-16(15)20)25-13-3-1-11(2-4-13)17(22)21-8-7-12(10-21)18(23)24/h1-6,9,12H,7-8,10H2,(H,23,24)/t12-/m1/s1. The van der Waals surface area contributed by atoms with Gasteiger partial charge in [0.2, 0.25) is 0 Å². The lowest BCUT2D eigenvalue weighted by Crippen LogP contribution is -2.29. The van der Waals surface area contributed by atoms with Gasteiger partial charge in [-0.15, -0.1) is 0 Å². The van der Waals surface area contributed by atoms with Crippen LogP contribution in [-0.4, -0.2) is 35.0 Å². The molecule has 1 heterocycles. The Hall–Kier alpha value is -2.96. The Morgan fingerprint density at radius 3 is 2.32 bits per heavy atom. The first-order valence-corrected chi connectivity index (χ1v) is 7.69. The molecular weight excluding hydrogens is 332 g/mol. The third kappa shape index (κ3) is 3.76. The molecule has 1 atom stereocenters. The predicted molar refractivity (Wildman–Crippen MR) is 84.5 cm³/mol. The van der Waals surface area contributed by atoms with E-state index in [1.165, 1.54) is 11.0 Å². The number of carboxylic acid groups (broad SMARTS) is 1. The van der Waals surface area contributed by atoms with Crippen LogP contribution in [0.15, 0.2) is 42.5 Å². The summed E-state index contributed by atoms with van der Waals surface area (Å²) in [7, 11) is 0. The fraction of sp³-hybridized carbons (Fsp3) is 0.222. The van der Waals surface area contributed by atoms with Crippen LogP contribution in [-0.2, 0) is 4.79 Å². The van der Waals surface area contributed by atoms with Gasteiger partial charge in [0.15, 0.2) is 11.6 Å². The van der Waals surface area contributed by atoms with E-state index < -0.39 is 23.5 Å². The largest absolute Gasteiger partial charge is 0.481 e. The highest BCUT2D eigenvalue weighted by molar-refractivity contribution is 5.95. The zero-order chi connectivity index (χ0) is 18.0. The summed E-state index contributed by atoms with van der Waals surface area (Å²) in [6.07, 6.45) is 0.443. The van der Waals surface area contributed by atoms with Crippen molar-refractivity contribution in [1.82, 2.24) is 4.90 Å². The summed E-state index contributed by atoms with van der Waals surface area (Å²) in [6.45, 7) is 0.601. The molecule has 0 bridgehead atoms. The first-order valence-electron chi connectivity index (χ1n) is 7.69. The van der Waals surface area contributed by atoms with E-state index in [9.17, 15) is 18.4 Å². The molecule has 0 radical (unpaired) electrons. The van der Waals surface area contributed by atoms with Gasteiger partial charge < -0.3 is 14.7 Å². The van der Waals surface area contributed by atoms with Gasteiger partial charge >= 0.3 is 5.97 Å². The minimum atomic E-state index is -1.01. The Labute approximate surface area is 142 Å². The number of hydrogen-bond donors (Lipinski definition) is 1. The predicted octanol–water partition coefficient (Wildman–Crippen LogP) is 3.30. The van der Waals surface area contributed by atoms with Crippen LogP contribution in [0, 0.1) is 17.6 Å². The van der Waals surface area contributed by atoms with E-state index in [-0.39, 0.29) is 18.2 Å². The molecule has 1 amide bonds. The molecule has 1 N–H and O–H groups in total. The molecule has 5 nitrogen and oxygen atoms in total. The van der Waals surface area contributed by atoms with Crippen molar-refractivity contribution >= 4 is 11.9 Å². The SMILES string of the molecule is O=C(O)[C@@H]1CCN(C(=O)c2ccc(Oc3ccc(F)c(F)c3)cc2)C1. The lowest BCUT2D eigenvalue weighted by molar-refractivity contribution is -0.141. The highest BCUT2D eigenvalue weighted by Crippen LogP contribution is 2.25. The van der Waals surface area contributed by atoms with Crippen LogP contribution in [0.25, 0.3) is 0 Å². The van der Waals surface area contributed by atoms with Gasteiger partial charge in [-0.3, -0.25) is 9.59 Å². The summed E-state index contributed by atoms with van der Waals surface area (Å²) in [6, 6.07) is 9.38. The van der Waals surface area contributed by atoms with Crippen molar-refractivity contribution in [3.63, 3.8) is 0 Å². The summed E-state index contributed by atoms with van der Waals surface area (Å²) < 4.78 is 31.5. The summed E-state index contributed by atoms with van der Waals surface area (Å²) in [5.41, 5.74) is 0.406. The van der Waals surface area contributed by atoms with E-state index >= 15 is 0 Å². The van der Waals surface area contributed by atoms with Crippen LogP contribution in [0.3, 0.4) is 0 Å². The first kappa shape index (κ1) is 16.9. The topological polar surface area (TPSA) is 66.8 Å². The second kappa shape index (κ2) is 6.88. The Balaban J connectivity index is 1.66. The minimum Gasteiger partial charge on any atom is -0.481 e. The molecule has 7 heteroatoms. The number of nitrogens with zero attached hydrogens (tertiary/aromatic N) is 1. The molecule has 0 aliphatic carbocycles. The van der Waals surface area contributed by atoms with Crippen LogP contribution in [0.2, 0.25) is 0 Å². The molecule has 0 saturated carbocycles. The lowest BCUT2D eigenvalue weighted by Gasteiger charge is -2.16. The number of likely N-dealkylation sites (tertiary alicyclic amines) is 1. The average molecular weight is 347 g/mol. The van der Waals surface area contributed by atoms with E-state index in [0.29, 0.717) is 24.3 Å². The molecule has 25 heavy (non-hydrogen) atoms. The van der Waals surface area contributed by atoms with E-state index in [0.717, 1.165) is 12.1 Å². The molecule has 2 aromatic carbocycles. The number of halogens is 2. The van der Waals surface area contributed by atoms with Crippen LogP contribution in [0.5, 0.6) is 11.5 Å². The van der Waals surface area contributed by atoms with Crippen LogP contribution in [0.1, 0.15) is 16.8 Å². The molecule has 1 aliphatic rings. The number of rotatable bonds is 4. The molecule has 1 saturated heterocycles. The molecule has 1 aliphatic heterocycles. The highest BCUT2D eigenvalue weighted by Gasteiger charge is 2.31. The maximum absolute atomic E-state index is 13.2. The maximum atomic E-state index is 13.2. The van der Waals surface area contributed by atoms with Gasteiger partial charge in [-0.2, -0.15) is 0 Å². The molecule has 2 aromatic rings. The molecule has 0 unspecified atom stereocenters. The van der Waals surface area contributed by atoms with Crippen molar-refractivity contribution in [3.8, 4) is 11.5 Å². The van der Waals surface area contributed by atoms with E-state index in [1.54, 1.807) is 24.3 Å². The number of amides is 1. The summed E-state index contributed by atoms with van der Waals surface area (Å²) >= 11 is 0. The molecule has 0 aromatic heterocycles. The number of benzene rings is 2. The molecule has 3 rings (SSSR count). The van der Waals surface area contributed by atoms with Crippen molar-refractivity contribution in [2.75, 3.05) is 13.1 Å². The summed E-state index contributed by atoms with van der Waals surface area (Å²) in [5, 5.41) is 8.99. The summed E-state index contributed by atoms with van der Waals surface area (Å²) in [5.74, 6) is -3.13. The Morgan fingerprint density at radius 2 is 1.72 bits per heavy atom. The van der Waals surface area contributed by atoms with Crippen molar-refractivity contribution in [2.45, 2.75) is 6.42 Å². The zero-order valence-corrected chi connectivity index (χ0v) is 13.1. The van der Waals surface area contributed by atoms with Gasteiger partial charge in [0.25, 0.3) is 5.91 Å². The summed E-state index contributed by atoms with van der Waals surface area (Å²) in [4.78, 5) is 24.8. The number of carbonyl (C=O) groups excluding carboxylic acids is 1. The maximum Gasteiger partial charge on any atom is 0.308 e. The fourth-order valence-corrected chi connectivity index (χ4v) is 2.67. The molecule has 130 valence electrons. The average Bonchev–Trinajstić information content (AvgIpc) is 3.09. The van der Waals surface area contributed by atoms with E-state index in [1.807, 2.05) is 0 Å². The molecule has 0 spiro atoms. The first-order chi connectivity index (χ1) is 11.9. The molecular formula is C18H15F2NO4. The van der Waals surface area contributed by atoms with Gasteiger partial charge in [-0.25, -0.2) is 8.78 Å².